The number of carboxylic acid groups (broad SMARTS) is 1. The highest BCUT2D eigenvalue weighted by Crippen LogP contribution is 2.44. The van der Waals surface area contributed by atoms with Crippen LogP contribution >= 0.6 is 11.8 Å². The fourth-order valence-electron chi connectivity index (χ4n) is 4.59. The second kappa shape index (κ2) is 12.2. The van der Waals surface area contributed by atoms with Gasteiger partial charge in [0.25, 0.3) is 0 Å². The van der Waals surface area contributed by atoms with Gasteiger partial charge in [0.15, 0.2) is 0 Å². The number of aliphatic carboxylic acids is 1. The molecule has 4 aromatic rings. The van der Waals surface area contributed by atoms with Crippen molar-refractivity contribution < 1.29 is 24.5 Å². The number of rotatable bonds is 11. The van der Waals surface area contributed by atoms with E-state index in [4.69, 9.17) is 9.47 Å². The molecule has 7 nitrogen and oxygen atoms in total. The molecule has 4 rings (SSSR count). The Morgan fingerprint density at radius 1 is 1.02 bits per heavy atom. The molecular formula is C33H40N2O5S. The average Bonchev–Trinajstić information content (AvgIpc) is 3.17. The van der Waals surface area contributed by atoms with E-state index in [0.717, 1.165) is 38.2 Å². The zero-order chi connectivity index (χ0) is 29.9. The van der Waals surface area contributed by atoms with Gasteiger partial charge in [-0.1, -0.05) is 45.0 Å². The van der Waals surface area contributed by atoms with Crippen LogP contribution in [0.4, 0.5) is 0 Å². The summed E-state index contributed by atoms with van der Waals surface area (Å²) in [5, 5.41) is 20.8. The second-order valence-electron chi connectivity index (χ2n) is 12.1. The molecule has 0 bridgehead atoms. The van der Waals surface area contributed by atoms with E-state index in [2.05, 4.69) is 54.6 Å². The second-order valence-corrected chi connectivity index (χ2v) is 13.9. The van der Waals surface area contributed by atoms with Crippen molar-refractivity contribution in [3.8, 4) is 22.8 Å². The number of nitrogens with zero attached hydrogens (tertiary/aromatic N) is 2. The quantitative estimate of drug-likeness (QED) is 0.185. The van der Waals surface area contributed by atoms with Gasteiger partial charge in [-0.15, -0.1) is 11.8 Å². The van der Waals surface area contributed by atoms with Crippen molar-refractivity contribution in [3.05, 3.63) is 72.1 Å². The molecule has 8 heteroatoms. The molecule has 0 aliphatic carbocycles. The Balaban J connectivity index is 1.81. The first-order valence-corrected chi connectivity index (χ1v) is 14.6. The first-order chi connectivity index (χ1) is 19.3. The zero-order valence-corrected chi connectivity index (χ0v) is 25.7. The summed E-state index contributed by atoms with van der Waals surface area (Å²) in [4.78, 5) is 17.6. The van der Waals surface area contributed by atoms with Crippen LogP contribution in [0.15, 0.2) is 65.7 Å². The van der Waals surface area contributed by atoms with Crippen molar-refractivity contribution in [2.24, 2.45) is 5.41 Å². The third kappa shape index (κ3) is 7.43. The summed E-state index contributed by atoms with van der Waals surface area (Å²) in [5.74, 6) is 0.414. The van der Waals surface area contributed by atoms with Gasteiger partial charge in [-0.3, -0.25) is 4.79 Å². The monoisotopic (exact) mass is 576 g/mol. The smallest absolute Gasteiger partial charge is 0.309 e. The van der Waals surface area contributed by atoms with E-state index < -0.39 is 17.5 Å². The van der Waals surface area contributed by atoms with E-state index in [1.54, 1.807) is 45.8 Å². The minimum absolute atomic E-state index is 0.105. The van der Waals surface area contributed by atoms with Crippen LogP contribution in [0, 0.1) is 5.41 Å². The van der Waals surface area contributed by atoms with Gasteiger partial charge in [0.2, 0.25) is 5.88 Å². The molecule has 0 aliphatic heterocycles. The maximum Gasteiger partial charge on any atom is 0.309 e. The van der Waals surface area contributed by atoms with Gasteiger partial charge in [0.05, 0.1) is 18.6 Å². The summed E-state index contributed by atoms with van der Waals surface area (Å²) < 4.78 is 13.2. The lowest BCUT2D eigenvalue weighted by atomic mass is 9.88. The minimum atomic E-state index is -0.962. The van der Waals surface area contributed by atoms with Crippen LogP contribution in [0.25, 0.3) is 22.0 Å². The number of carbonyl (C=O) groups is 1. The molecule has 0 aliphatic rings. The van der Waals surface area contributed by atoms with Crippen molar-refractivity contribution in [2.45, 2.75) is 70.3 Å². The third-order valence-electron chi connectivity index (χ3n) is 6.75. The molecule has 2 N–H and O–H groups in total. The van der Waals surface area contributed by atoms with E-state index in [9.17, 15) is 15.0 Å². The summed E-state index contributed by atoms with van der Waals surface area (Å²) in [5.41, 5.74) is 4.20. The lowest BCUT2D eigenvalue weighted by molar-refractivity contribution is -0.146. The fraction of sp³-hybridized carbons (Fsp3) is 0.394. The SMILES string of the molecule is COc1ccc(-c2ccc(Cn3c(CC(C)(C)C(=O)O)c(SC(C)(C)C)c4cc(OCC(C)O)ccc43)cc2)cn1. The molecule has 0 fully saturated rings. The Labute approximate surface area is 246 Å². The highest BCUT2D eigenvalue weighted by atomic mass is 32.2. The van der Waals surface area contributed by atoms with Crippen molar-refractivity contribution in [2.75, 3.05) is 13.7 Å². The van der Waals surface area contributed by atoms with Gasteiger partial charge >= 0.3 is 5.97 Å². The van der Waals surface area contributed by atoms with Crippen LogP contribution in [0.2, 0.25) is 0 Å². The molecule has 0 saturated carbocycles. The molecule has 2 heterocycles. The van der Waals surface area contributed by atoms with Gasteiger partial charge in [-0.25, -0.2) is 4.98 Å². The van der Waals surface area contributed by atoms with Crippen LogP contribution in [0.3, 0.4) is 0 Å². The molecule has 41 heavy (non-hydrogen) atoms. The molecule has 218 valence electrons. The van der Waals surface area contributed by atoms with Gasteiger partial charge in [-0.2, -0.15) is 0 Å². The Hall–Kier alpha value is -3.49. The number of aliphatic hydroxyl groups is 1. The first-order valence-electron chi connectivity index (χ1n) is 13.7. The molecule has 2 aromatic carbocycles. The lowest BCUT2D eigenvalue weighted by Gasteiger charge is -2.24. The zero-order valence-electron chi connectivity index (χ0n) is 24.9. The van der Waals surface area contributed by atoms with Gasteiger partial charge < -0.3 is 24.3 Å². The Kier molecular flexibility index (Phi) is 9.04. The standard InChI is InChI=1S/C33H40N2O5S/c1-21(36)20-40-25-13-14-27-26(16-25)30(41-32(2,3)4)28(17-33(5,6)31(37)38)35(27)19-22-8-10-23(11-9-22)24-12-15-29(39-7)34-18-24/h8-16,18,21,36H,17,19-20H2,1-7H3,(H,37,38). The Bertz CT molecular complexity index is 1500. The molecule has 1 atom stereocenters. The van der Waals surface area contributed by atoms with E-state index in [1.165, 1.54) is 0 Å². The number of carboxylic acids is 1. The maximum absolute atomic E-state index is 12.2. The van der Waals surface area contributed by atoms with Crippen LogP contribution in [-0.2, 0) is 17.8 Å². The number of fused-ring (bicyclic) bond motifs is 1. The van der Waals surface area contributed by atoms with Gasteiger partial charge in [-0.05, 0) is 56.2 Å². The number of methoxy groups -OCH3 is 1. The predicted molar refractivity (Wildman–Crippen MR) is 165 cm³/mol. The van der Waals surface area contributed by atoms with Crippen LogP contribution in [0.5, 0.6) is 11.6 Å². The summed E-state index contributed by atoms with van der Waals surface area (Å²) >= 11 is 1.74. The number of pyridine rings is 1. The lowest BCUT2D eigenvalue weighted by Crippen LogP contribution is -2.28. The largest absolute Gasteiger partial charge is 0.491 e. The summed E-state index contributed by atoms with van der Waals surface area (Å²) in [6.07, 6.45) is 1.59. The molecule has 0 amide bonds. The molecule has 0 spiro atoms. The summed E-state index contributed by atoms with van der Waals surface area (Å²) in [6, 6.07) is 18.2. The van der Waals surface area contributed by atoms with E-state index in [-0.39, 0.29) is 11.4 Å². The van der Waals surface area contributed by atoms with Crippen LogP contribution in [0.1, 0.15) is 52.8 Å². The third-order valence-corrected chi connectivity index (χ3v) is 8.02. The highest BCUT2D eigenvalue weighted by molar-refractivity contribution is 8.00. The van der Waals surface area contributed by atoms with E-state index in [0.29, 0.717) is 24.6 Å². The van der Waals surface area contributed by atoms with Crippen molar-refractivity contribution in [3.63, 3.8) is 0 Å². The van der Waals surface area contributed by atoms with Crippen LogP contribution in [-0.4, -0.2) is 50.3 Å². The van der Waals surface area contributed by atoms with E-state index in [1.807, 2.05) is 30.3 Å². The van der Waals surface area contributed by atoms with Crippen LogP contribution < -0.4 is 9.47 Å². The minimum Gasteiger partial charge on any atom is -0.491 e. The topological polar surface area (TPSA) is 93.8 Å². The maximum atomic E-state index is 12.2. The average molecular weight is 577 g/mol. The molecule has 0 saturated heterocycles. The number of ether oxygens (including phenoxy) is 2. The van der Waals surface area contributed by atoms with Crippen molar-refractivity contribution >= 4 is 28.6 Å². The predicted octanol–water partition coefficient (Wildman–Crippen LogP) is 7.06. The number of aliphatic hydroxyl groups excluding tert-OH is 1. The van der Waals surface area contributed by atoms with Gasteiger partial charge in [0.1, 0.15) is 12.4 Å². The van der Waals surface area contributed by atoms with Crippen molar-refractivity contribution in [1.29, 1.82) is 0 Å². The molecule has 1 unspecified atom stereocenters. The number of hydrogen-bond acceptors (Lipinski definition) is 6. The Morgan fingerprint density at radius 2 is 1.71 bits per heavy atom. The number of benzene rings is 2. The highest BCUT2D eigenvalue weighted by Gasteiger charge is 2.33. The molecule has 2 aromatic heterocycles. The number of hydrogen-bond donors (Lipinski definition) is 2. The number of thioether (sulfide) groups is 1. The summed E-state index contributed by atoms with van der Waals surface area (Å²) in [7, 11) is 1.60. The van der Waals surface area contributed by atoms with E-state index >= 15 is 0 Å². The van der Waals surface area contributed by atoms with Crippen molar-refractivity contribution in [1.82, 2.24) is 9.55 Å². The first kappa shape index (κ1) is 30.5. The molecular weight excluding hydrogens is 536 g/mol. The normalized spacial score (nSPS) is 12.9. The van der Waals surface area contributed by atoms with Gasteiger partial charge in [0, 0.05) is 57.0 Å². The number of aromatic nitrogens is 2. The fourth-order valence-corrected chi connectivity index (χ4v) is 5.78. The Morgan fingerprint density at radius 3 is 2.27 bits per heavy atom. The molecule has 0 radical (unpaired) electrons. The summed E-state index contributed by atoms with van der Waals surface area (Å²) in [6.45, 7) is 12.5.